The van der Waals surface area contributed by atoms with Crippen LogP contribution in [-0.2, 0) is 6.54 Å². The molecule has 0 unspecified atom stereocenters. The number of imidazole rings is 1. The number of aromatic nitrogens is 2. The Balaban J connectivity index is 2.00. The molecular weight excluding hydrogens is 233 g/mol. The molecule has 2 aromatic rings. The van der Waals surface area contributed by atoms with E-state index >= 15 is 0 Å². The second-order valence-corrected chi connectivity index (χ2v) is 4.12. The molecule has 4 nitrogen and oxygen atoms in total. The first-order valence-electron chi connectivity index (χ1n) is 5.80. The van der Waals surface area contributed by atoms with Crippen LogP contribution in [0.1, 0.15) is 18.5 Å². The molecule has 0 amide bonds. The summed E-state index contributed by atoms with van der Waals surface area (Å²) in [5.74, 6) is 0.329. The molecule has 0 saturated carbocycles. The number of rotatable bonds is 5. The first-order chi connectivity index (χ1) is 8.66. The number of hydrogen-bond donors (Lipinski definition) is 1. The highest BCUT2D eigenvalue weighted by Gasteiger charge is 2.09. The Hall–Kier alpha value is -1.88. The van der Waals surface area contributed by atoms with Crippen molar-refractivity contribution in [1.82, 2.24) is 9.55 Å². The van der Waals surface area contributed by atoms with Crippen molar-refractivity contribution in [1.29, 1.82) is 0 Å². The van der Waals surface area contributed by atoms with Gasteiger partial charge in [0.2, 0.25) is 0 Å². The van der Waals surface area contributed by atoms with Crippen molar-refractivity contribution in [3.8, 4) is 5.75 Å². The lowest BCUT2D eigenvalue weighted by molar-refractivity contribution is 0.293. The Bertz CT molecular complexity index is 497. The van der Waals surface area contributed by atoms with Gasteiger partial charge in [0.25, 0.3) is 0 Å². The van der Waals surface area contributed by atoms with E-state index in [0.717, 1.165) is 0 Å². The van der Waals surface area contributed by atoms with E-state index in [2.05, 4.69) is 4.98 Å². The SMILES string of the molecule is C[C@H](N)c1cc(F)ccc1OCCn1ccnc1. The maximum absolute atomic E-state index is 13.1. The van der Waals surface area contributed by atoms with Crippen molar-refractivity contribution in [3.05, 3.63) is 48.3 Å². The smallest absolute Gasteiger partial charge is 0.124 e. The van der Waals surface area contributed by atoms with Crippen LogP contribution in [-0.4, -0.2) is 16.2 Å². The Labute approximate surface area is 105 Å². The zero-order chi connectivity index (χ0) is 13.0. The first kappa shape index (κ1) is 12.6. The average Bonchev–Trinajstić information content (AvgIpc) is 2.84. The van der Waals surface area contributed by atoms with E-state index in [0.29, 0.717) is 24.5 Å². The Morgan fingerprint density at radius 2 is 2.33 bits per heavy atom. The summed E-state index contributed by atoms with van der Waals surface area (Å²) in [6.07, 6.45) is 5.30. The van der Waals surface area contributed by atoms with Crippen LogP contribution in [0.5, 0.6) is 5.75 Å². The highest BCUT2D eigenvalue weighted by atomic mass is 19.1. The molecule has 0 aliphatic carbocycles. The van der Waals surface area contributed by atoms with Crippen LogP contribution < -0.4 is 10.5 Å². The van der Waals surface area contributed by atoms with Gasteiger partial charge < -0.3 is 15.0 Å². The van der Waals surface area contributed by atoms with E-state index in [4.69, 9.17) is 10.5 Å². The van der Waals surface area contributed by atoms with Crippen LogP contribution in [0, 0.1) is 5.82 Å². The molecule has 2 N–H and O–H groups in total. The fourth-order valence-corrected chi connectivity index (χ4v) is 1.69. The first-order valence-corrected chi connectivity index (χ1v) is 5.80. The van der Waals surface area contributed by atoms with Crippen LogP contribution in [0.4, 0.5) is 4.39 Å². The predicted molar refractivity (Wildman–Crippen MR) is 66.7 cm³/mol. The average molecular weight is 249 g/mol. The second-order valence-electron chi connectivity index (χ2n) is 4.12. The summed E-state index contributed by atoms with van der Waals surface area (Å²) >= 11 is 0. The number of ether oxygens (including phenoxy) is 1. The van der Waals surface area contributed by atoms with E-state index in [-0.39, 0.29) is 11.9 Å². The molecule has 1 atom stereocenters. The Morgan fingerprint density at radius 1 is 1.50 bits per heavy atom. The highest BCUT2D eigenvalue weighted by Crippen LogP contribution is 2.24. The number of halogens is 1. The summed E-state index contributed by atoms with van der Waals surface area (Å²) in [4.78, 5) is 3.94. The van der Waals surface area contributed by atoms with Gasteiger partial charge in [-0.05, 0) is 25.1 Å². The van der Waals surface area contributed by atoms with Crippen LogP contribution >= 0.6 is 0 Å². The minimum atomic E-state index is -0.302. The number of benzene rings is 1. The third-order valence-electron chi connectivity index (χ3n) is 2.63. The summed E-state index contributed by atoms with van der Waals surface area (Å²) in [5, 5.41) is 0. The predicted octanol–water partition coefficient (Wildman–Crippen LogP) is 2.12. The van der Waals surface area contributed by atoms with Gasteiger partial charge in [0, 0.05) is 24.0 Å². The summed E-state index contributed by atoms with van der Waals surface area (Å²) < 4.78 is 20.7. The second kappa shape index (κ2) is 5.64. The minimum absolute atomic E-state index is 0.260. The molecule has 5 heteroatoms. The van der Waals surface area contributed by atoms with Gasteiger partial charge in [-0.25, -0.2) is 9.37 Å². The van der Waals surface area contributed by atoms with Gasteiger partial charge in [0.1, 0.15) is 18.2 Å². The quantitative estimate of drug-likeness (QED) is 0.883. The number of nitrogens with two attached hydrogens (primary N) is 1. The van der Waals surface area contributed by atoms with Crippen LogP contribution in [0.15, 0.2) is 36.9 Å². The molecule has 18 heavy (non-hydrogen) atoms. The van der Waals surface area contributed by atoms with Gasteiger partial charge in [0.15, 0.2) is 0 Å². The largest absolute Gasteiger partial charge is 0.491 e. The third-order valence-corrected chi connectivity index (χ3v) is 2.63. The van der Waals surface area contributed by atoms with Gasteiger partial charge in [-0.1, -0.05) is 0 Å². The summed E-state index contributed by atoms with van der Waals surface area (Å²) in [5.41, 5.74) is 6.47. The zero-order valence-electron chi connectivity index (χ0n) is 10.2. The maximum Gasteiger partial charge on any atom is 0.124 e. The van der Waals surface area contributed by atoms with Gasteiger partial charge in [-0.15, -0.1) is 0 Å². The normalized spacial score (nSPS) is 12.4. The Morgan fingerprint density at radius 3 is 3.00 bits per heavy atom. The lowest BCUT2D eigenvalue weighted by atomic mass is 10.1. The van der Waals surface area contributed by atoms with Crippen LogP contribution in [0.2, 0.25) is 0 Å². The molecule has 0 aliphatic heterocycles. The lowest BCUT2D eigenvalue weighted by Gasteiger charge is -2.14. The molecular formula is C13H16FN3O. The fraction of sp³-hybridized carbons (Fsp3) is 0.308. The Kier molecular flexibility index (Phi) is 3.94. The van der Waals surface area contributed by atoms with Crippen molar-refractivity contribution in [3.63, 3.8) is 0 Å². The zero-order valence-corrected chi connectivity index (χ0v) is 10.2. The standard InChI is InChI=1S/C13H16FN3O/c1-10(15)12-8-11(14)2-3-13(12)18-7-6-17-5-4-16-9-17/h2-5,8-10H,6-7,15H2,1H3/t10-/m0/s1. The van der Waals surface area contributed by atoms with Crippen LogP contribution in [0.25, 0.3) is 0 Å². The van der Waals surface area contributed by atoms with Crippen molar-refractivity contribution >= 4 is 0 Å². The molecule has 1 aromatic heterocycles. The molecule has 0 saturated heterocycles. The molecule has 0 bridgehead atoms. The summed E-state index contributed by atoms with van der Waals surface area (Å²) in [6, 6.07) is 4.14. The number of nitrogens with zero attached hydrogens (tertiary/aromatic N) is 2. The molecule has 0 fully saturated rings. The van der Waals surface area contributed by atoms with E-state index in [1.807, 2.05) is 10.8 Å². The van der Waals surface area contributed by atoms with Gasteiger partial charge in [-0.2, -0.15) is 0 Å². The van der Waals surface area contributed by atoms with Crippen molar-refractivity contribution < 1.29 is 9.13 Å². The van der Waals surface area contributed by atoms with Gasteiger partial charge in [-0.3, -0.25) is 0 Å². The minimum Gasteiger partial charge on any atom is -0.491 e. The summed E-state index contributed by atoms with van der Waals surface area (Å²) in [7, 11) is 0. The third kappa shape index (κ3) is 3.07. The van der Waals surface area contributed by atoms with Crippen molar-refractivity contribution in [2.75, 3.05) is 6.61 Å². The summed E-state index contributed by atoms with van der Waals surface area (Å²) in [6.45, 7) is 2.98. The maximum atomic E-state index is 13.1. The molecule has 2 rings (SSSR count). The number of hydrogen-bond acceptors (Lipinski definition) is 3. The fourth-order valence-electron chi connectivity index (χ4n) is 1.69. The lowest BCUT2D eigenvalue weighted by Crippen LogP contribution is -2.11. The monoisotopic (exact) mass is 249 g/mol. The molecule has 1 heterocycles. The molecule has 96 valence electrons. The van der Waals surface area contributed by atoms with Gasteiger partial charge in [0.05, 0.1) is 12.9 Å². The van der Waals surface area contributed by atoms with E-state index in [1.54, 1.807) is 25.5 Å². The molecule has 1 aromatic carbocycles. The van der Waals surface area contributed by atoms with Crippen LogP contribution in [0.3, 0.4) is 0 Å². The van der Waals surface area contributed by atoms with E-state index in [1.165, 1.54) is 12.1 Å². The molecule has 0 radical (unpaired) electrons. The molecule has 0 aliphatic rings. The van der Waals surface area contributed by atoms with E-state index in [9.17, 15) is 4.39 Å². The van der Waals surface area contributed by atoms with E-state index < -0.39 is 0 Å². The van der Waals surface area contributed by atoms with Crippen molar-refractivity contribution in [2.45, 2.75) is 19.5 Å². The van der Waals surface area contributed by atoms with Gasteiger partial charge >= 0.3 is 0 Å². The van der Waals surface area contributed by atoms with Crippen molar-refractivity contribution in [2.24, 2.45) is 5.73 Å². The highest BCUT2D eigenvalue weighted by molar-refractivity contribution is 5.36. The topological polar surface area (TPSA) is 53.1 Å². The molecule has 0 spiro atoms.